The van der Waals surface area contributed by atoms with Gasteiger partial charge in [-0.25, -0.2) is 4.79 Å². The number of amides is 1. The Hall–Kier alpha value is -3.08. The molecular formula is C25H28N2O3. The second kappa shape index (κ2) is 7.63. The van der Waals surface area contributed by atoms with Crippen LogP contribution in [0.3, 0.4) is 0 Å². The molecule has 2 atom stereocenters. The summed E-state index contributed by atoms with van der Waals surface area (Å²) in [5.41, 5.74) is 3.52. The fraction of sp³-hybridized carbons (Fsp3) is 0.360. The molecule has 0 fully saturated rings. The number of aromatic nitrogens is 1. The van der Waals surface area contributed by atoms with Gasteiger partial charge in [-0.1, -0.05) is 48.5 Å². The molecule has 5 heteroatoms. The van der Waals surface area contributed by atoms with Crippen molar-refractivity contribution in [3.8, 4) is 0 Å². The summed E-state index contributed by atoms with van der Waals surface area (Å²) in [5.74, 6) is 0.0275. The van der Waals surface area contributed by atoms with Crippen molar-refractivity contribution < 1.29 is 14.3 Å². The first-order chi connectivity index (χ1) is 14.2. The normalized spacial score (nSPS) is 18.9. The van der Waals surface area contributed by atoms with Crippen LogP contribution in [-0.2, 0) is 9.53 Å². The van der Waals surface area contributed by atoms with Crippen molar-refractivity contribution in [1.29, 1.82) is 0 Å². The van der Waals surface area contributed by atoms with Crippen molar-refractivity contribution in [2.45, 2.75) is 51.7 Å². The fourth-order valence-electron chi connectivity index (χ4n) is 4.43. The van der Waals surface area contributed by atoms with E-state index in [4.69, 9.17) is 4.74 Å². The summed E-state index contributed by atoms with van der Waals surface area (Å²) in [7, 11) is 0. The lowest BCUT2D eigenvalue weighted by Crippen LogP contribution is -2.45. The van der Waals surface area contributed by atoms with Crippen LogP contribution < -0.4 is 0 Å². The average molecular weight is 405 g/mol. The number of aromatic amines is 1. The van der Waals surface area contributed by atoms with E-state index in [2.05, 4.69) is 11.1 Å². The highest BCUT2D eigenvalue weighted by molar-refractivity contribution is 5.88. The second-order valence-electron chi connectivity index (χ2n) is 9.05. The van der Waals surface area contributed by atoms with Crippen LogP contribution in [0.4, 0.5) is 4.79 Å². The molecular weight excluding hydrogens is 376 g/mol. The number of nitrogens with zero attached hydrogens (tertiary/aromatic N) is 1. The minimum Gasteiger partial charge on any atom is -0.444 e. The van der Waals surface area contributed by atoms with Gasteiger partial charge in [-0.2, -0.15) is 0 Å². The van der Waals surface area contributed by atoms with Gasteiger partial charge in [-0.05, 0) is 44.9 Å². The molecule has 0 radical (unpaired) electrons. The van der Waals surface area contributed by atoms with E-state index in [1.54, 1.807) is 11.8 Å². The zero-order valence-electron chi connectivity index (χ0n) is 17.9. The molecule has 0 bridgehead atoms. The van der Waals surface area contributed by atoms with Gasteiger partial charge >= 0.3 is 6.09 Å². The maximum atomic E-state index is 13.3. The molecule has 156 valence electrons. The molecule has 0 saturated heterocycles. The molecule has 0 aliphatic carbocycles. The molecule has 1 N–H and O–H groups in total. The topological polar surface area (TPSA) is 62.4 Å². The van der Waals surface area contributed by atoms with Crippen molar-refractivity contribution >= 4 is 22.8 Å². The summed E-state index contributed by atoms with van der Waals surface area (Å²) in [4.78, 5) is 30.7. The van der Waals surface area contributed by atoms with Gasteiger partial charge in [-0.15, -0.1) is 0 Å². The first-order valence-electron chi connectivity index (χ1n) is 10.4. The smallest absolute Gasteiger partial charge is 0.411 e. The first kappa shape index (κ1) is 20.2. The van der Waals surface area contributed by atoms with E-state index in [-0.39, 0.29) is 23.8 Å². The molecule has 30 heavy (non-hydrogen) atoms. The number of benzene rings is 2. The number of ketones is 1. The minimum atomic E-state index is -0.602. The Balaban J connectivity index is 1.91. The third-order valence-electron chi connectivity index (χ3n) is 5.46. The van der Waals surface area contributed by atoms with Gasteiger partial charge in [0.25, 0.3) is 0 Å². The van der Waals surface area contributed by atoms with Crippen molar-refractivity contribution in [3.05, 3.63) is 71.4 Å². The molecule has 2 aromatic carbocycles. The lowest BCUT2D eigenvalue weighted by atomic mass is 9.83. The number of Topliss-reactive ketones (excluding diaryl/α,β-unsaturated/α-hetero) is 1. The van der Waals surface area contributed by atoms with Gasteiger partial charge in [0.05, 0.1) is 0 Å². The van der Waals surface area contributed by atoms with E-state index in [1.807, 2.05) is 69.3 Å². The van der Waals surface area contributed by atoms with E-state index < -0.39 is 5.60 Å². The summed E-state index contributed by atoms with van der Waals surface area (Å²) >= 11 is 0. The van der Waals surface area contributed by atoms with Crippen LogP contribution in [0.25, 0.3) is 10.9 Å². The molecule has 2 heterocycles. The van der Waals surface area contributed by atoms with Crippen LogP contribution in [0.2, 0.25) is 0 Å². The molecule has 4 rings (SSSR count). The Labute approximate surface area is 177 Å². The van der Waals surface area contributed by atoms with E-state index in [0.717, 1.165) is 27.7 Å². The molecule has 1 aliphatic heterocycles. The predicted molar refractivity (Wildman–Crippen MR) is 118 cm³/mol. The number of hydrogen-bond donors (Lipinski definition) is 1. The highest BCUT2D eigenvalue weighted by atomic mass is 16.6. The third-order valence-corrected chi connectivity index (χ3v) is 5.46. The Kier molecular flexibility index (Phi) is 5.14. The fourth-order valence-corrected chi connectivity index (χ4v) is 4.43. The van der Waals surface area contributed by atoms with Gasteiger partial charge in [0.15, 0.2) is 0 Å². The van der Waals surface area contributed by atoms with E-state index in [0.29, 0.717) is 13.0 Å². The van der Waals surface area contributed by atoms with Crippen LogP contribution in [0.5, 0.6) is 0 Å². The predicted octanol–water partition coefficient (Wildman–Crippen LogP) is 5.57. The highest BCUT2D eigenvalue weighted by Gasteiger charge is 2.41. The largest absolute Gasteiger partial charge is 0.444 e. The Morgan fingerprint density at radius 2 is 1.73 bits per heavy atom. The SMILES string of the molecule is CC(=O)CC1CN(C(=O)OC(C)(C)C)C(c2ccccc2)c2[nH]c3ccccc3c21. The monoisotopic (exact) mass is 404 g/mol. The molecule has 3 aromatic rings. The van der Waals surface area contributed by atoms with Crippen LogP contribution in [-0.4, -0.2) is 33.9 Å². The van der Waals surface area contributed by atoms with E-state index in [9.17, 15) is 9.59 Å². The van der Waals surface area contributed by atoms with Crippen molar-refractivity contribution in [2.75, 3.05) is 6.54 Å². The molecule has 1 aromatic heterocycles. The number of para-hydroxylation sites is 1. The molecule has 2 unspecified atom stereocenters. The number of carbonyl (C=O) groups excluding carboxylic acids is 2. The summed E-state index contributed by atoms with van der Waals surface area (Å²) in [5, 5.41) is 1.11. The number of H-pyrrole nitrogens is 1. The Morgan fingerprint density at radius 1 is 1.07 bits per heavy atom. The van der Waals surface area contributed by atoms with Crippen molar-refractivity contribution in [3.63, 3.8) is 0 Å². The molecule has 5 nitrogen and oxygen atoms in total. The number of rotatable bonds is 3. The van der Waals surface area contributed by atoms with Crippen LogP contribution >= 0.6 is 0 Å². The third kappa shape index (κ3) is 3.84. The number of ether oxygens (including phenoxy) is 1. The van der Waals surface area contributed by atoms with Gasteiger partial charge in [0.2, 0.25) is 0 Å². The zero-order valence-corrected chi connectivity index (χ0v) is 17.9. The second-order valence-corrected chi connectivity index (χ2v) is 9.05. The van der Waals surface area contributed by atoms with Gasteiger partial charge in [0, 0.05) is 35.5 Å². The molecule has 0 saturated carbocycles. The van der Waals surface area contributed by atoms with Crippen LogP contribution in [0.15, 0.2) is 54.6 Å². The molecule has 1 amide bonds. The zero-order chi connectivity index (χ0) is 21.5. The van der Waals surface area contributed by atoms with Gasteiger partial charge < -0.3 is 14.5 Å². The Morgan fingerprint density at radius 3 is 2.40 bits per heavy atom. The summed E-state index contributed by atoms with van der Waals surface area (Å²) in [6.07, 6.45) is 0.0181. The molecule has 1 aliphatic rings. The number of nitrogens with one attached hydrogen (secondary N) is 1. The number of hydrogen-bond acceptors (Lipinski definition) is 3. The standard InChI is InChI=1S/C25H28N2O3/c1-16(28)14-18-15-27(24(29)30-25(2,3)4)23(17-10-6-5-7-11-17)22-21(18)19-12-8-9-13-20(19)26-22/h5-13,18,23,26H,14-15H2,1-4H3. The minimum absolute atomic E-state index is 0.0823. The maximum Gasteiger partial charge on any atom is 0.411 e. The quantitative estimate of drug-likeness (QED) is 0.621. The van der Waals surface area contributed by atoms with Gasteiger partial charge in [-0.3, -0.25) is 4.90 Å². The van der Waals surface area contributed by atoms with Crippen LogP contribution in [0, 0.1) is 0 Å². The highest BCUT2D eigenvalue weighted by Crippen LogP contribution is 2.44. The van der Waals surface area contributed by atoms with E-state index >= 15 is 0 Å². The maximum absolute atomic E-state index is 13.3. The lowest BCUT2D eigenvalue weighted by molar-refractivity contribution is -0.117. The molecule has 0 spiro atoms. The Bertz CT molecular complexity index is 1080. The summed E-state index contributed by atoms with van der Waals surface area (Å²) in [6, 6.07) is 17.8. The summed E-state index contributed by atoms with van der Waals surface area (Å²) < 4.78 is 5.76. The summed E-state index contributed by atoms with van der Waals surface area (Å²) in [6.45, 7) is 7.65. The average Bonchev–Trinajstić information content (AvgIpc) is 3.06. The first-order valence-corrected chi connectivity index (χ1v) is 10.4. The van der Waals surface area contributed by atoms with Gasteiger partial charge in [0.1, 0.15) is 17.4 Å². The van der Waals surface area contributed by atoms with Crippen LogP contribution in [0.1, 0.15) is 62.9 Å². The number of fused-ring (bicyclic) bond motifs is 3. The van der Waals surface area contributed by atoms with E-state index in [1.165, 1.54) is 0 Å². The lowest BCUT2D eigenvalue weighted by Gasteiger charge is -2.40. The van der Waals surface area contributed by atoms with Crippen molar-refractivity contribution in [2.24, 2.45) is 0 Å². The van der Waals surface area contributed by atoms with Crippen molar-refractivity contribution in [1.82, 2.24) is 9.88 Å². The number of carbonyl (C=O) groups is 2.